The molecule has 2 amide bonds. The Hall–Kier alpha value is -3.10. The zero-order valence-electron chi connectivity index (χ0n) is 19.7. The van der Waals surface area contributed by atoms with Crippen LogP contribution in [0.2, 0.25) is 15.1 Å². The summed E-state index contributed by atoms with van der Waals surface area (Å²) in [6, 6.07) is 17.2. The van der Waals surface area contributed by atoms with Gasteiger partial charge < -0.3 is 21.5 Å². The summed E-state index contributed by atoms with van der Waals surface area (Å²) in [7, 11) is 0. The van der Waals surface area contributed by atoms with Gasteiger partial charge in [-0.05, 0) is 41.3 Å². The van der Waals surface area contributed by atoms with Crippen LogP contribution in [0.15, 0.2) is 72.8 Å². The molecule has 0 heterocycles. The fraction of sp³-hybridized carbons (Fsp3) is 0.222. The van der Waals surface area contributed by atoms with Crippen LogP contribution in [0.25, 0.3) is 0 Å². The molecule has 194 valence electrons. The Morgan fingerprint density at radius 1 is 0.649 bits per heavy atom. The molecule has 0 bridgehead atoms. The first-order valence-corrected chi connectivity index (χ1v) is 12.6. The summed E-state index contributed by atoms with van der Waals surface area (Å²) in [5, 5.41) is 16.2. The number of carbonyl (C=O) groups excluding carboxylic acids is 2. The molecule has 10 heteroatoms. The Balaban J connectivity index is 1.79. The lowest BCUT2D eigenvalue weighted by atomic mass is 10.0. The second kappa shape index (κ2) is 13.4. The number of amides is 2. The quantitative estimate of drug-likeness (QED) is 0.281. The van der Waals surface area contributed by atoms with Gasteiger partial charge in [0.05, 0.1) is 6.04 Å². The fourth-order valence-electron chi connectivity index (χ4n) is 3.72. The first-order valence-electron chi connectivity index (χ1n) is 11.4. The van der Waals surface area contributed by atoms with Gasteiger partial charge in [0.2, 0.25) is 11.8 Å². The molecule has 37 heavy (non-hydrogen) atoms. The molecule has 0 spiro atoms. The Bertz CT molecular complexity index is 1270. The summed E-state index contributed by atoms with van der Waals surface area (Å²) in [6.45, 7) is 0. The number of benzene rings is 3. The van der Waals surface area contributed by atoms with Gasteiger partial charge in [-0.25, -0.2) is 4.79 Å². The van der Waals surface area contributed by atoms with Crippen LogP contribution in [-0.2, 0) is 33.6 Å². The Kier molecular flexibility index (Phi) is 10.3. The van der Waals surface area contributed by atoms with Crippen LogP contribution < -0.4 is 16.4 Å². The molecule has 0 unspecified atom stereocenters. The highest BCUT2D eigenvalue weighted by molar-refractivity contribution is 6.32. The Morgan fingerprint density at radius 3 is 1.46 bits per heavy atom. The van der Waals surface area contributed by atoms with Crippen molar-refractivity contribution in [3.63, 3.8) is 0 Å². The summed E-state index contributed by atoms with van der Waals surface area (Å²) < 4.78 is 0. The van der Waals surface area contributed by atoms with Crippen LogP contribution in [-0.4, -0.2) is 41.0 Å². The van der Waals surface area contributed by atoms with E-state index in [0.717, 1.165) is 0 Å². The lowest BCUT2D eigenvalue weighted by Crippen LogP contribution is -2.56. The van der Waals surface area contributed by atoms with Crippen LogP contribution in [0.3, 0.4) is 0 Å². The van der Waals surface area contributed by atoms with Gasteiger partial charge in [0.15, 0.2) is 0 Å². The van der Waals surface area contributed by atoms with Gasteiger partial charge in [0, 0.05) is 27.9 Å². The molecule has 0 aliphatic rings. The normalized spacial score (nSPS) is 13.3. The number of halogens is 3. The van der Waals surface area contributed by atoms with Gasteiger partial charge in [-0.2, -0.15) is 0 Å². The molecule has 0 saturated carbocycles. The van der Waals surface area contributed by atoms with Crippen molar-refractivity contribution in [2.24, 2.45) is 5.73 Å². The minimum atomic E-state index is -1.28. The zero-order chi connectivity index (χ0) is 26.9. The minimum Gasteiger partial charge on any atom is -0.480 e. The Labute approximate surface area is 229 Å². The topological polar surface area (TPSA) is 122 Å². The number of aliphatic carboxylic acids is 1. The number of hydrogen-bond acceptors (Lipinski definition) is 4. The third kappa shape index (κ3) is 8.20. The number of hydrogen-bond donors (Lipinski definition) is 4. The fourth-order valence-corrected chi connectivity index (χ4v) is 4.36. The van der Waals surface area contributed by atoms with Gasteiger partial charge in [-0.15, -0.1) is 0 Å². The maximum absolute atomic E-state index is 13.3. The van der Waals surface area contributed by atoms with E-state index < -0.39 is 35.9 Å². The van der Waals surface area contributed by atoms with Crippen molar-refractivity contribution in [1.29, 1.82) is 0 Å². The van der Waals surface area contributed by atoms with Gasteiger partial charge >= 0.3 is 5.97 Å². The first-order chi connectivity index (χ1) is 17.7. The smallest absolute Gasteiger partial charge is 0.326 e. The highest BCUT2D eigenvalue weighted by Gasteiger charge is 2.29. The molecule has 0 radical (unpaired) electrons. The average molecular weight is 563 g/mol. The summed E-state index contributed by atoms with van der Waals surface area (Å²) in [5.41, 5.74) is 7.97. The zero-order valence-corrected chi connectivity index (χ0v) is 21.9. The number of carbonyl (C=O) groups is 3. The lowest BCUT2D eigenvalue weighted by molar-refractivity contribution is -0.142. The Morgan fingerprint density at radius 2 is 1.03 bits per heavy atom. The third-order valence-electron chi connectivity index (χ3n) is 5.75. The number of rotatable bonds is 11. The largest absolute Gasteiger partial charge is 0.480 e. The predicted octanol–water partition coefficient (Wildman–Crippen LogP) is 4.06. The highest BCUT2D eigenvalue weighted by Crippen LogP contribution is 2.19. The lowest BCUT2D eigenvalue weighted by Gasteiger charge is -2.24. The molecule has 0 fully saturated rings. The average Bonchev–Trinajstić information content (AvgIpc) is 2.86. The van der Waals surface area contributed by atoms with Crippen molar-refractivity contribution < 1.29 is 19.5 Å². The first kappa shape index (κ1) is 28.5. The molecule has 0 aromatic heterocycles. The number of carboxylic acid groups (broad SMARTS) is 1. The molecule has 7 nitrogen and oxygen atoms in total. The maximum Gasteiger partial charge on any atom is 0.326 e. The van der Waals surface area contributed by atoms with Crippen molar-refractivity contribution in [2.75, 3.05) is 0 Å². The van der Waals surface area contributed by atoms with E-state index in [4.69, 9.17) is 40.5 Å². The highest BCUT2D eigenvalue weighted by atomic mass is 35.5. The number of carboxylic acids is 1. The molecule has 0 saturated heterocycles. The molecular weight excluding hydrogens is 537 g/mol. The third-order valence-corrected chi connectivity index (χ3v) is 6.85. The molecular formula is C27H26Cl3N3O4. The summed E-state index contributed by atoms with van der Waals surface area (Å²) in [4.78, 5) is 38.2. The molecule has 0 aliphatic heterocycles. The SMILES string of the molecule is N[C@@H](Cc1ccccc1Cl)C(=O)N[C@@H](Cc1ccccc1Cl)C(=O)N[C@@H](Cc1ccccc1Cl)C(=O)O. The van der Waals surface area contributed by atoms with E-state index in [2.05, 4.69) is 10.6 Å². The maximum atomic E-state index is 13.3. The van der Waals surface area contributed by atoms with E-state index >= 15 is 0 Å². The number of nitrogens with two attached hydrogens (primary N) is 1. The number of nitrogens with one attached hydrogen (secondary N) is 2. The van der Waals surface area contributed by atoms with Crippen LogP contribution in [0.5, 0.6) is 0 Å². The van der Waals surface area contributed by atoms with Gasteiger partial charge in [0.1, 0.15) is 12.1 Å². The van der Waals surface area contributed by atoms with Gasteiger partial charge in [0.25, 0.3) is 0 Å². The summed E-state index contributed by atoms with van der Waals surface area (Å²) in [5.74, 6) is -2.53. The van der Waals surface area contributed by atoms with E-state index in [1.807, 2.05) is 0 Å². The van der Waals surface area contributed by atoms with Crippen molar-refractivity contribution >= 4 is 52.6 Å². The van der Waals surface area contributed by atoms with Crippen LogP contribution in [0.1, 0.15) is 16.7 Å². The molecule has 3 aromatic carbocycles. The summed E-state index contributed by atoms with van der Waals surface area (Å²) in [6.07, 6.45) is 0.129. The second-order valence-electron chi connectivity index (χ2n) is 8.45. The van der Waals surface area contributed by atoms with Crippen LogP contribution in [0, 0.1) is 0 Å². The minimum absolute atomic E-state index is 0.0223. The van der Waals surface area contributed by atoms with E-state index in [1.54, 1.807) is 72.8 Å². The second-order valence-corrected chi connectivity index (χ2v) is 9.68. The predicted molar refractivity (Wildman–Crippen MR) is 145 cm³/mol. The van der Waals surface area contributed by atoms with Gasteiger partial charge in [-0.1, -0.05) is 89.4 Å². The standard InChI is InChI=1S/C27H26Cl3N3O4/c28-19-10-4-1-7-16(19)13-22(31)25(34)32-23(14-17-8-2-5-11-20(17)29)26(35)33-24(27(36)37)15-18-9-3-6-12-21(18)30/h1-12,22-24H,13-15,31H2,(H,32,34)(H,33,35)(H,36,37)/t22-,23-,24-/m0/s1. The van der Waals surface area contributed by atoms with Crippen LogP contribution in [0.4, 0.5) is 0 Å². The summed E-state index contributed by atoms with van der Waals surface area (Å²) >= 11 is 18.7. The molecule has 3 aromatic rings. The molecule has 3 atom stereocenters. The van der Waals surface area contributed by atoms with Crippen molar-refractivity contribution in [3.05, 3.63) is 105 Å². The van der Waals surface area contributed by atoms with E-state index in [9.17, 15) is 19.5 Å². The van der Waals surface area contributed by atoms with Crippen LogP contribution >= 0.6 is 34.8 Å². The van der Waals surface area contributed by atoms with Crippen molar-refractivity contribution in [1.82, 2.24) is 10.6 Å². The van der Waals surface area contributed by atoms with E-state index in [-0.39, 0.29) is 19.3 Å². The van der Waals surface area contributed by atoms with Gasteiger partial charge in [-0.3, -0.25) is 9.59 Å². The molecule has 5 N–H and O–H groups in total. The van der Waals surface area contributed by atoms with Crippen molar-refractivity contribution in [3.8, 4) is 0 Å². The van der Waals surface area contributed by atoms with E-state index in [1.165, 1.54) is 0 Å². The monoisotopic (exact) mass is 561 g/mol. The van der Waals surface area contributed by atoms with E-state index in [0.29, 0.717) is 31.8 Å². The molecule has 3 rings (SSSR count). The van der Waals surface area contributed by atoms with Crippen molar-refractivity contribution in [2.45, 2.75) is 37.4 Å². The molecule has 0 aliphatic carbocycles.